The number of aryl methyl sites for hydroxylation is 2. The minimum Gasteiger partial charge on any atom is -0.339 e. The van der Waals surface area contributed by atoms with Crippen LogP contribution in [-0.4, -0.2) is 22.6 Å². The molecule has 1 aliphatic rings. The van der Waals surface area contributed by atoms with Gasteiger partial charge in [0.15, 0.2) is 5.82 Å². The molecule has 0 bridgehead atoms. The largest absolute Gasteiger partial charge is 0.339 e. The van der Waals surface area contributed by atoms with Crippen LogP contribution >= 0.6 is 0 Å². The minimum atomic E-state index is -0.00388. The van der Waals surface area contributed by atoms with Crippen molar-refractivity contribution in [1.29, 1.82) is 0 Å². The van der Waals surface area contributed by atoms with Crippen LogP contribution in [0.4, 0.5) is 5.69 Å². The Morgan fingerprint density at radius 2 is 2.30 bits per heavy atom. The lowest BCUT2D eigenvalue weighted by molar-refractivity contribution is -0.117. The zero-order valence-corrected chi connectivity index (χ0v) is 11.7. The number of carbonyl (C=O) groups is 1. The predicted octanol–water partition coefficient (Wildman–Crippen LogP) is 2.46. The molecule has 0 aliphatic carbocycles. The van der Waals surface area contributed by atoms with E-state index in [-0.39, 0.29) is 11.8 Å². The molecule has 0 spiro atoms. The van der Waals surface area contributed by atoms with Gasteiger partial charge in [-0.3, -0.25) is 4.79 Å². The van der Waals surface area contributed by atoms with Crippen molar-refractivity contribution >= 4 is 11.6 Å². The number of anilines is 1. The molecule has 104 valence electrons. The Bertz CT molecular complexity index is 636. The highest BCUT2D eigenvalue weighted by molar-refractivity contribution is 5.96. The van der Waals surface area contributed by atoms with Crippen molar-refractivity contribution in [3.05, 3.63) is 41.5 Å². The van der Waals surface area contributed by atoms with Gasteiger partial charge in [-0.15, -0.1) is 0 Å². The molecule has 5 heteroatoms. The fraction of sp³-hybridized carbons (Fsp3) is 0.400. The Hall–Kier alpha value is -2.17. The van der Waals surface area contributed by atoms with Crippen LogP contribution in [0.25, 0.3) is 0 Å². The summed E-state index contributed by atoms with van der Waals surface area (Å²) in [5.74, 6) is 1.37. The molecule has 20 heavy (non-hydrogen) atoms. The number of amides is 1. The number of aromatic nitrogens is 2. The van der Waals surface area contributed by atoms with Gasteiger partial charge in [0.2, 0.25) is 11.8 Å². The van der Waals surface area contributed by atoms with Crippen LogP contribution < -0.4 is 4.90 Å². The highest BCUT2D eigenvalue weighted by Gasteiger charge is 2.34. The zero-order chi connectivity index (χ0) is 14.1. The summed E-state index contributed by atoms with van der Waals surface area (Å²) in [7, 11) is 0. The van der Waals surface area contributed by atoms with Crippen molar-refractivity contribution in [2.75, 3.05) is 11.4 Å². The molecule has 1 aromatic carbocycles. The summed E-state index contributed by atoms with van der Waals surface area (Å²) in [6.45, 7) is 4.61. The summed E-state index contributed by atoms with van der Waals surface area (Å²) < 4.78 is 5.26. The van der Waals surface area contributed by atoms with E-state index >= 15 is 0 Å². The number of nitrogens with zero attached hydrogens (tertiary/aromatic N) is 3. The fourth-order valence-electron chi connectivity index (χ4n) is 2.50. The van der Waals surface area contributed by atoms with E-state index in [2.05, 4.69) is 10.1 Å². The number of carbonyl (C=O) groups excluding carboxylic acids is 1. The number of benzene rings is 1. The first-order valence-corrected chi connectivity index (χ1v) is 6.87. The average Bonchev–Trinajstić information content (AvgIpc) is 3.04. The van der Waals surface area contributed by atoms with E-state index in [1.54, 1.807) is 4.90 Å². The summed E-state index contributed by atoms with van der Waals surface area (Å²) in [4.78, 5) is 18.3. The van der Waals surface area contributed by atoms with Gasteiger partial charge in [0.25, 0.3) is 0 Å². The molecule has 1 aromatic heterocycles. The molecule has 1 saturated heterocycles. The molecule has 2 heterocycles. The van der Waals surface area contributed by atoms with E-state index in [4.69, 9.17) is 4.52 Å². The summed E-state index contributed by atoms with van der Waals surface area (Å²) in [5, 5.41) is 3.90. The SMILES string of the molecule is CCc1noc(C2CC(=O)N(c3cccc(C)c3)C2)n1. The third-order valence-electron chi connectivity index (χ3n) is 3.59. The van der Waals surface area contributed by atoms with Crippen LogP contribution in [0, 0.1) is 6.92 Å². The molecule has 0 N–H and O–H groups in total. The average molecular weight is 271 g/mol. The van der Waals surface area contributed by atoms with Gasteiger partial charge in [-0.1, -0.05) is 24.2 Å². The lowest BCUT2D eigenvalue weighted by atomic mass is 10.1. The Kier molecular flexibility index (Phi) is 3.26. The van der Waals surface area contributed by atoms with Crippen LogP contribution in [0.15, 0.2) is 28.8 Å². The van der Waals surface area contributed by atoms with Gasteiger partial charge >= 0.3 is 0 Å². The second-order valence-electron chi connectivity index (χ2n) is 5.15. The van der Waals surface area contributed by atoms with Gasteiger partial charge < -0.3 is 9.42 Å². The van der Waals surface area contributed by atoms with Crippen molar-refractivity contribution in [3.8, 4) is 0 Å². The maximum atomic E-state index is 12.2. The normalized spacial score (nSPS) is 18.8. The number of hydrogen-bond donors (Lipinski definition) is 0. The van der Waals surface area contributed by atoms with Crippen molar-refractivity contribution < 1.29 is 9.32 Å². The standard InChI is InChI=1S/C15H17N3O2/c1-3-13-16-15(20-17-13)11-8-14(19)18(9-11)12-6-4-5-10(2)7-12/h4-7,11H,3,8-9H2,1-2H3. The van der Waals surface area contributed by atoms with Gasteiger partial charge in [0.1, 0.15) is 0 Å². The number of rotatable bonds is 3. The van der Waals surface area contributed by atoms with Crippen LogP contribution in [-0.2, 0) is 11.2 Å². The molecular weight excluding hydrogens is 254 g/mol. The Morgan fingerprint density at radius 1 is 1.45 bits per heavy atom. The molecule has 3 rings (SSSR count). The van der Waals surface area contributed by atoms with E-state index in [0.717, 1.165) is 17.7 Å². The molecule has 1 aliphatic heterocycles. The summed E-state index contributed by atoms with van der Waals surface area (Å²) in [5.41, 5.74) is 2.08. The van der Waals surface area contributed by atoms with E-state index in [0.29, 0.717) is 24.7 Å². The molecule has 1 amide bonds. The molecule has 2 aromatic rings. The van der Waals surface area contributed by atoms with Crippen LogP contribution in [0.1, 0.15) is 36.5 Å². The molecule has 1 atom stereocenters. The lowest BCUT2D eigenvalue weighted by Crippen LogP contribution is -2.24. The lowest BCUT2D eigenvalue weighted by Gasteiger charge is -2.16. The van der Waals surface area contributed by atoms with E-state index in [1.165, 1.54) is 0 Å². The second kappa shape index (κ2) is 5.07. The van der Waals surface area contributed by atoms with Crippen molar-refractivity contribution in [1.82, 2.24) is 10.1 Å². The van der Waals surface area contributed by atoms with E-state index < -0.39 is 0 Å². The fourth-order valence-corrected chi connectivity index (χ4v) is 2.50. The Morgan fingerprint density at radius 3 is 3.00 bits per heavy atom. The molecule has 1 fully saturated rings. The first kappa shape index (κ1) is 12.8. The van der Waals surface area contributed by atoms with E-state index in [1.807, 2.05) is 38.1 Å². The highest BCUT2D eigenvalue weighted by Crippen LogP contribution is 2.31. The third-order valence-corrected chi connectivity index (χ3v) is 3.59. The van der Waals surface area contributed by atoms with Gasteiger partial charge in [0.05, 0.1) is 5.92 Å². The molecule has 1 unspecified atom stereocenters. The second-order valence-corrected chi connectivity index (χ2v) is 5.15. The third kappa shape index (κ3) is 2.31. The Labute approximate surface area is 117 Å². The predicted molar refractivity (Wildman–Crippen MR) is 74.6 cm³/mol. The number of hydrogen-bond acceptors (Lipinski definition) is 4. The zero-order valence-electron chi connectivity index (χ0n) is 11.7. The smallest absolute Gasteiger partial charge is 0.232 e. The van der Waals surface area contributed by atoms with Crippen LogP contribution in [0.2, 0.25) is 0 Å². The van der Waals surface area contributed by atoms with Gasteiger partial charge in [-0.05, 0) is 24.6 Å². The summed E-state index contributed by atoms with van der Waals surface area (Å²) >= 11 is 0. The highest BCUT2D eigenvalue weighted by atomic mass is 16.5. The summed E-state index contributed by atoms with van der Waals surface area (Å²) in [6, 6.07) is 7.96. The molecule has 0 saturated carbocycles. The van der Waals surface area contributed by atoms with Crippen LogP contribution in [0.3, 0.4) is 0 Å². The first-order chi connectivity index (χ1) is 9.67. The maximum Gasteiger partial charge on any atom is 0.232 e. The van der Waals surface area contributed by atoms with Crippen molar-refractivity contribution in [2.45, 2.75) is 32.6 Å². The molecular formula is C15H17N3O2. The van der Waals surface area contributed by atoms with Gasteiger partial charge in [-0.2, -0.15) is 4.98 Å². The molecule has 5 nitrogen and oxygen atoms in total. The minimum absolute atomic E-state index is 0.00388. The van der Waals surface area contributed by atoms with Crippen LogP contribution in [0.5, 0.6) is 0 Å². The van der Waals surface area contributed by atoms with Crippen molar-refractivity contribution in [3.63, 3.8) is 0 Å². The van der Waals surface area contributed by atoms with Crippen molar-refractivity contribution in [2.24, 2.45) is 0 Å². The topological polar surface area (TPSA) is 59.2 Å². The molecule has 0 radical (unpaired) electrons. The van der Waals surface area contributed by atoms with E-state index in [9.17, 15) is 4.79 Å². The first-order valence-electron chi connectivity index (χ1n) is 6.87. The summed E-state index contributed by atoms with van der Waals surface area (Å²) in [6.07, 6.45) is 1.17. The van der Waals surface area contributed by atoms with Gasteiger partial charge in [0, 0.05) is 25.1 Å². The monoisotopic (exact) mass is 271 g/mol. The quantitative estimate of drug-likeness (QED) is 0.860. The van der Waals surface area contributed by atoms with Gasteiger partial charge in [-0.25, -0.2) is 0 Å². The Balaban J connectivity index is 1.81. The maximum absolute atomic E-state index is 12.2.